The van der Waals surface area contributed by atoms with E-state index in [1.165, 1.54) is 10.6 Å². The first-order valence-corrected chi connectivity index (χ1v) is 10.3. The van der Waals surface area contributed by atoms with Crippen LogP contribution in [0.1, 0.15) is 36.7 Å². The summed E-state index contributed by atoms with van der Waals surface area (Å²) in [5, 5.41) is 6.14. The lowest BCUT2D eigenvalue weighted by molar-refractivity contribution is -0.121. The normalized spacial score (nSPS) is 12.3. The molecule has 0 bridgehead atoms. The van der Waals surface area contributed by atoms with Gasteiger partial charge in [-0.1, -0.05) is 38.1 Å². The van der Waals surface area contributed by atoms with Crippen molar-refractivity contribution >= 4 is 11.6 Å². The Morgan fingerprint density at radius 1 is 1.16 bits per heavy atom. The number of carbonyl (C=O) groups is 1. The molecule has 158 valence electrons. The number of fused-ring (bicyclic) bond motifs is 1. The Labute approximate surface area is 180 Å². The van der Waals surface area contributed by atoms with Gasteiger partial charge in [0.25, 0.3) is 5.56 Å². The van der Waals surface area contributed by atoms with E-state index in [1.54, 1.807) is 12.4 Å². The summed E-state index contributed by atoms with van der Waals surface area (Å²) in [7, 11) is 0. The van der Waals surface area contributed by atoms with Crippen molar-refractivity contribution in [1.29, 1.82) is 0 Å². The van der Waals surface area contributed by atoms with E-state index < -0.39 is 0 Å². The molecule has 1 aromatic carbocycles. The fourth-order valence-corrected chi connectivity index (χ4v) is 3.63. The van der Waals surface area contributed by atoms with Crippen LogP contribution in [0.3, 0.4) is 0 Å². The Morgan fingerprint density at radius 3 is 2.68 bits per heavy atom. The van der Waals surface area contributed by atoms with E-state index in [4.69, 9.17) is 0 Å². The van der Waals surface area contributed by atoms with Crippen molar-refractivity contribution in [2.24, 2.45) is 5.92 Å². The van der Waals surface area contributed by atoms with Crippen LogP contribution in [0.5, 0.6) is 0 Å². The molecule has 0 fully saturated rings. The minimum Gasteiger partial charge on any atom is -0.347 e. The molecule has 4 rings (SSSR count). The molecule has 3 heterocycles. The van der Waals surface area contributed by atoms with Gasteiger partial charge in [0.1, 0.15) is 0 Å². The second-order valence-corrected chi connectivity index (χ2v) is 8.02. The molecule has 3 aromatic heterocycles. The molecule has 7 heteroatoms. The van der Waals surface area contributed by atoms with Crippen LogP contribution in [0.25, 0.3) is 16.9 Å². The van der Waals surface area contributed by atoms with Gasteiger partial charge >= 0.3 is 0 Å². The molecule has 0 radical (unpaired) electrons. The van der Waals surface area contributed by atoms with Crippen molar-refractivity contribution in [3.05, 3.63) is 88.1 Å². The van der Waals surface area contributed by atoms with Crippen LogP contribution in [0.15, 0.2) is 65.7 Å². The Hall–Kier alpha value is -3.74. The second kappa shape index (κ2) is 8.55. The highest BCUT2D eigenvalue weighted by Crippen LogP contribution is 2.22. The van der Waals surface area contributed by atoms with Crippen molar-refractivity contribution in [2.45, 2.75) is 33.2 Å². The monoisotopic (exact) mass is 415 g/mol. The van der Waals surface area contributed by atoms with Gasteiger partial charge < -0.3 is 5.32 Å². The van der Waals surface area contributed by atoms with Crippen LogP contribution in [-0.4, -0.2) is 25.5 Å². The number of aromatic nitrogens is 4. The molecule has 0 aliphatic carbocycles. The van der Waals surface area contributed by atoms with Crippen LogP contribution < -0.4 is 10.9 Å². The molecule has 0 unspecified atom stereocenters. The van der Waals surface area contributed by atoms with Crippen molar-refractivity contribution in [3.63, 3.8) is 0 Å². The number of benzene rings is 1. The van der Waals surface area contributed by atoms with E-state index in [0.29, 0.717) is 11.3 Å². The molecule has 31 heavy (non-hydrogen) atoms. The number of H-pyrrole nitrogens is 1. The van der Waals surface area contributed by atoms with E-state index in [-0.39, 0.29) is 29.8 Å². The van der Waals surface area contributed by atoms with Crippen molar-refractivity contribution in [3.8, 4) is 11.3 Å². The van der Waals surface area contributed by atoms with E-state index in [2.05, 4.69) is 20.4 Å². The minimum absolute atomic E-state index is 0.0619. The number of nitrogens with one attached hydrogen (secondary N) is 2. The molecular formula is C24H25N5O2. The number of hydrogen-bond acceptors (Lipinski definition) is 4. The summed E-state index contributed by atoms with van der Waals surface area (Å²) < 4.78 is 1.40. The first kappa shape index (κ1) is 20.5. The molecule has 4 aromatic rings. The smallest absolute Gasteiger partial charge is 0.272 e. The van der Waals surface area contributed by atoms with Gasteiger partial charge in [-0.2, -0.15) is 0 Å². The fraction of sp³-hybridized carbons (Fsp3) is 0.250. The van der Waals surface area contributed by atoms with E-state index in [1.807, 2.05) is 63.2 Å². The largest absolute Gasteiger partial charge is 0.347 e. The third-order valence-corrected chi connectivity index (χ3v) is 5.36. The fourth-order valence-electron chi connectivity index (χ4n) is 3.63. The van der Waals surface area contributed by atoms with Crippen LogP contribution in [0, 0.1) is 12.8 Å². The van der Waals surface area contributed by atoms with E-state index >= 15 is 0 Å². The van der Waals surface area contributed by atoms with Crippen LogP contribution >= 0.6 is 0 Å². The lowest BCUT2D eigenvalue weighted by Gasteiger charge is -2.22. The topological polar surface area (TPSA) is 92.2 Å². The van der Waals surface area contributed by atoms with E-state index in [0.717, 1.165) is 22.4 Å². The summed E-state index contributed by atoms with van der Waals surface area (Å²) in [5.41, 5.74) is 4.49. The predicted octanol–water partition coefficient (Wildman–Crippen LogP) is 3.45. The number of rotatable bonds is 6. The SMILES string of the molecule is Cc1ccccc1CC(=O)N[C@@H](c1cc(=O)n2[nH]c(-c3cccnc3)cc2n1)C(C)C. The molecule has 0 saturated carbocycles. The van der Waals surface area contributed by atoms with Gasteiger partial charge in [-0.3, -0.25) is 19.7 Å². The highest BCUT2D eigenvalue weighted by molar-refractivity contribution is 5.79. The standard InChI is InChI=1S/C24H25N5O2/c1-15(2)24(27-22(30)11-17-8-5-4-7-16(17)3)20-13-23(31)29-21(26-20)12-19(28-29)18-9-6-10-25-14-18/h4-10,12-15,24,28H,11H2,1-3H3,(H,27,30)/t24-/m1/s1. The first-order valence-electron chi connectivity index (χ1n) is 10.3. The number of aryl methyl sites for hydroxylation is 1. The molecule has 0 saturated heterocycles. The van der Waals surface area contributed by atoms with Crippen LogP contribution in [-0.2, 0) is 11.2 Å². The number of carbonyl (C=O) groups excluding carboxylic acids is 1. The van der Waals surface area contributed by atoms with Crippen LogP contribution in [0.4, 0.5) is 0 Å². The summed E-state index contributed by atoms with van der Waals surface area (Å²) in [6, 6.07) is 14.5. The highest BCUT2D eigenvalue weighted by atomic mass is 16.1. The summed E-state index contributed by atoms with van der Waals surface area (Å²) in [6.45, 7) is 5.99. The number of amides is 1. The van der Waals surface area contributed by atoms with Gasteiger partial charge in [0.05, 0.1) is 23.9 Å². The summed E-state index contributed by atoms with van der Waals surface area (Å²) >= 11 is 0. The summed E-state index contributed by atoms with van der Waals surface area (Å²) in [6.07, 6.45) is 3.70. The lowest BCUT2D eigenvalue weighted by atomic mass is 9.99. The lowest BCUT2D eigenvalue weighted by Crippen LogP contribution is -2.34. The van der Waals surface area contributed by atoms with Gasteiger partial charge in [-0.25, -0.2) is 9.50 Å². The maximum Gasteiger partial charge on any atom is 0.272 e. The molecule has 1 atom stereocenters. The number of pyridine rings is 1. The Morgan fingerprint density at radius 2 is 1.97 bits per heavy atom. The van der Waals surface area contributed by atoms with Crippen LogP contribution in [0.2, 0.25) is 0 Å². The third kappa shape index (κ3) is 4.40. The minimum atomic E-state index is -0.369. The number of nitrogens with zero attached hydrogens (tertiary/aromatic N) is 3. The van der Waals surface area contributed by atoms with Crippen molar-refractivity contribution in [2.75, 3.05) is 0 Å². The molecule has 1 amide bonds. The first-order chi connectivity index (χ1) is 14.9. The van der Waals surface area contributed by atoms with Crippen molar-refractivity contribution in [1.82, 2.24) is 24.9 Å². The average Bonchev–Trinajstić information content (AvgIpc) is 3.19. The van der Waals surface area contributed by atoms with Gasteiger partial charge in [-0.15, -0.1) is 0 Å². The van der Waals surface area contributed by atoms with E-state index in [9.17, 15) is 9.59 Å². The molecule has 2 N–H and O–H groups in total. The molecule has 0 aliphatic rings. The number of hydrogen-bond donors (Lipinski definition) is 2. The average molecular weight is 415 g/mol. The Bertz CT molecular complexity index is 1270. The third-order valence-electron chi connectivity index (χ3n) is 5.36. The Kier molecular flexibility index (Phi) is 5.66. The maximum absolute atomic E-state index is 12.8. The van der Waals surface area contributed by atoms with Gasteiger partial charge in [0.2, 0.25) is 5.91 Å². The zero-order valence-corrected chi connectivity index (χ0v) is 17.8. The maximum atomic E-state index is 12.8. The van der Waals surface area contributed by atoms with Gasteiger partial charge in [-0.05, 0) is 36.1 Å². The van der Waals surface area contributed by atoms with Gasteiger partial charge in [0.15, 0.2) is 5.65 Å². The highest BCUT2D eigenvalue weighted by Gasteiger charge is 2.22. The molecule has 0 aliphatic heterocycles. The number of aromatic amines is 1. The molecule has 0 spiro atoms. The second-order valence-electron chi connectivity index (χ2n) is 8.02. The summed E-state index contributed by atoms with van der Waals surface area (Å²) in [5.74, 6) is -0.0352. The predicted molar refractivity (Wildman–Crippen MR) is 120 cm³/mol. The molecular weight excluding hydrogens is 390 g/mol. The quantitative estimate of drug-likeness (QED) is 0.505. The summed E-state index contributed by atoms with van der Waals surface area (Å²) in [4.78, 5) is 34.3. The zero-order valence-electron chi connectivity index (χ0n) is 17.8. The van der Waals surface area contributed by atoms with Crippen molar-refractivity contribution < 1.29 is 4.79 Å². The molecule has 7 nitrogen and oxygen atoms in total. The zero-order chi connectivity index (χ0) is 22.0. The Balaban J connectivity index is 1.63. The van der Waals surface area contributed by atoms with Gasteiger partial charge in [0, 0.05) is 30.1 Å².